The van der Waals surface area contributed by atoms with Crippen molar-refractivity contribution < 1.29 is 14.5 Å². The van der Waals surface area contributed by atoms with Crippen LogP contribution in [0.2, 0.25) is 0 Å². The minimum Gasteiger partial charge on any atom is -0.494 e. The van der Waals surface area contributed by atoms with Crippen molar-refractivity contribution in [1.82, 2.24) is 9.38 Å². The van der Waals surface area contributed by atoms with Gasteiger partial charge < -0.3 is 10.1 Å². The summed E-state index contributed by atoms with van der Waals surface area (Å²) >= 11 is 1.29. The highest BCUT2D eigenvalue weighted by Crippen LogP contribution is 2.29. The molecule has 0 bridgehead atoms. The number of benzene rings is 2. The molecule has 0 aliphatic carbocycles. The van der Waals surface area contributed by atoms with Gasteiger partial charge in [0.25, 0.3) is 17.2 Å². The first kappa shape index (κ1) is 19.3. The molecule has 0 saturated heterocycles. The molecular weight excluding hydrogens is 408 g/mol. The molecule has 30 heavy (non-hydrogen) atoms. The first-order valence-electron chi connectivity index (χ1n) is 8.68. The Hall–Kier alpha value is -4.05. The molecule has 4 aromatic rings. The van der Waals surface area contributed by atoms with Crippen LogP contribution in [0.1, 0.15) is 10.4 Å². The fourth-order valence-electron chi connectivity index (χ4n) is 2.95. The minimum absolute atomic E-state index is 0.104. The summed E-state index contributed by atoms with van der Waals surface area (Å²) in [7, 11) is 1.33. The summed E-state index contributed by atoms with van der Waals surface area (Å²) in [5.41, 5.74) is 0.796. The Labute approximate surface area is 173 Å². The largest absolute Gasteiger partial charge is 0.494 e. The lowest BCUT2D eigenvalue weighted by molar-refractivity contribution is -0.384. The van der Waals surface area contributed by atoms with Crippen molar-refractivity contribution >= 4 is 33.6 Å². The highest BCUT2D eigenvalue weighted by molar-refractivity contribution is 7.15. The maximum Gasteiger partial charge on any atom is 0.273 e. The van der Waals surface area contributed by atoms with Gasteiger partial charge in [0.15, 0.2) is 4.96 Å². The lowest BCUT2D eigenvalue weighted by Crippen LogP contribution is -2.26. The van der Waals surface area contributed by atoms with E-state index in [1.54, 1.807) is 5.38 Å². The fourth-order valence-corrected chi connectivity index (χ4v) is 3.80. The molecule has 0 aliphatic rings. The number of non-ortho nitro benzene ring substituents is 1. The van der Waals surface area contributed by atoms with Crippen LogP contribution >= 0.6 is 11.3 Å². The van der Waals surface area contributed by atoms with Crippen LogP contribution in [0.15, 0.2) is 64.9 Å². The predicted molar refractivity (Wildman–Crippen MR) is 112 cm³/mol. The minimum atomic E-state index is -0.695. The summed E-state index contributed by atoms with van der Waals surface area (Å²) in [6, 6.07) is 13.1. The van der Waals surface area contributed by atoms with E-state index in [9.17, 15) is 19.7 Å². The van der Waals surface area contributed by atoms with Crippen LogP contribution in [0.4, 0.5) is 11.4 Å². The molecular formula is C20H14N4O5S. The number of nitrogens with zero attached hydrogens (tertiary/aromatic N) is 3. The van der Waals surface area contributed by atoms with E-state index in [2.05, 4.69) is 10.3 Å². The van der Waals surface area contributed by atoms with Gasteiger partial charge in [0.05, 0.1) is 29.5 Å². The van der Waals surface area contributed by atoms with E-state index in [0.29, 0.717) is 10.7 Å². The van der Waals surface area contributed by atoms with Crippen LogP contribution in [-0.2, 0) is 0 Å². The summed E-state index contributed by atoms with van der Waals surface area (Å²) in [5.74, 6) is -0.591. The molecule has 1 amide bonds. The summed E-state index contributed by atoms with van der Waals surface area (Å²) in [6.45, 7) is 0. The zero-order valence-corrected chi connectivity index (χ0v) is 16.4. The van der Waals surface area contributed by atoms with Crippen LogP contribution in [-0.4, -0.2) is 27.3 Å². The highest BCUT2D eigenvalue weighted by atomic mass is 32.1. The van der Waals surface area contributed by atoms with Gasteiger partial charge in [0, 0.05) is 17.6 Å². The number of nitro benzene ring substituents is 1. The third-order valence-corrected chi connectivity index (χ3v) is 5.24. The van der Waals surface area contributed by atoms with E-state index in [1.165, 1.54) is 47.2 Å². The first-order valence-corrected chi connectivity index (χ1v) is 9.56. The lowest BCUT2D eigenvalue weighted by Gasteiger charge is -2.10. The summed E-state index contributed by atoms with van der Waals surface area (Å²) in [5, 5.41) is 15.3. The second-order valence-corrected chi connectivity index (χ2v) is 7.01. The number of nitrogens with one attached hydrogen (secondary N) is 1. The molecule has 4 rings (SSSR count). The molecule has 0 aliphatic heterocycles. The first-order chi connectivity index (χ1) is 14.5. The monoisotopic (exact) mass is 422 g/mol. The Morgan fingerprint density at radius 2 is 2.00 bits per heavy atom. The number of methoxy groups -OCH3 is 1. The summed E-state index contributed by atoms with van der Waals surface area (Å²) in [4.78, 5) is 40.9. The van der Waals surface area contributed by atoms with Gasteiger partial charge in [0.2, 0.25) is 0 Å². The number of hydrogen-bond acceptors (Lipinski definition) is 7. The quantitative estimate of drug-likeness (QED) is 0.388. The summed E-state index contributed by atoms with van der Waals surface area (Å²) in [6.07, 6.45) is 1.22. The van der Waals surface area contributed by atoms with Crippen LogP contribution in [0.5, 0.6) is 5.75 Å². The van der Waals surface area contributed by atoms with Gasteiger partial charge in [-0.1, -0.05) is 30.3 Å². The number of thiazole rings is 1. The number of nitro groups is 1. The molecule has 2 aromatic carbocycles. The molecule has 2 heterocycles. The zero-order chi connectivity index (χ0) is 21.3. The molecule has 9 nitrogen and oxygen atoms in total. The summed E-state index contributed by atoms with van der Waals surface area (Å²) < 4.78 is 6.51. The number of carbonyl (C=O) groups is 1. The number of fused-ring (bicyclic) bond motifs is 1. The van der Waals surface area contributed by atoms with E-state index in [0.717, 1.165) is 5.56 Å². The van der Waals surface area contributed by atoms with Gasteiger partial charge in [-0.05, 0) is 11.6 Å². The van der Waals surface area contributed by atoms with Crippen LogP contribution in [0, 0.1) is 10.1 Å². The molecule has 10 heteroatoms. The molecule has 0 atom stereocenters. The Morgan fingerprint density at radius 3 is 2.70 bits per heavy atom. The van der Waals surface area contributed by atoms with Gasteiger partial charge in [-0.15, -0.1) is 11.3 Å². The van der Waals surface area contributed by atoms with Crippen molar-refractivity contribution in [2.75, 3.05) is 12.4 Å². The number of anilines is 1. The number of amides is 1. The molecule has 0 saturated carbocycles. The van der Waals surface area contributed by atoms with E-state index in [4.69, 9.17) is 4.74 Å². The van der Waals surface area contributed by atoms with Crippen molar-refractivity contribution in [2.45, 2.75) is 0 Å². The predicted octanol–water partition coefficient (Wildman–Crippen LogP) is 3.59. The van der Waals surface area contributed by atoms with Crippen LogP contribution in [0.3, 0.4) is 0 Å². The molecule has 2 aromatic heterocycles. The van der Waals surface area contributed by atoms with E-state index < -0.39 is 16.4 Å². The topological polar surface area (TPSA) is 116 Å². The zero-order valence-electron chi connectivity index (χ0n) is 15.6. The maximum atomic E-state index is 13.1. The van der Waals surface area contributed by atoms with E-state index in [1.807, 2.05) is 30.3 Å². The van der Waals surface area contributed by atoms with Gasteiger partial charge in [-0.2, -0.15) is 0 Å². The smallest absolute Gasteiger partial charge is 0.273 e. The highest BCUT2D eigenvalue weighted by Gasteiger charge is 2.19. The van der Waals surface area contributed by atoms with Gasteiger partial charge in [-0.3, -0.25) is 24.1 Å². The maximum absolute atomic E-state index is 13.1. The van der Waals surface area contributed by atoms with Crippen molar-refractivity contribution in [3.63, 3.8) is 0 Å². The number of carbonyl (C=O) groups excluding carboxylic acids is 1. The number of hydrogen-bond donors (Lipinski definition) is 1. The molecule has 0 unspecified atom stereocenters. The van der Waals surface area contributed by atoms with Gasteiger partial charge in [0.1, 0.15) is 11.3 Å². The average Bonchev–Trinajstić information content (AvgIpc) is 3.19. The Kier molecular flexibility index (Phi) is 4.98. The molecule has 1 N–H and O–H groups in total. The SMILES string of the molecule is COc1cc([N+](=O)[O-])ccc1NC(=O)c1cnc2scc(-c3ccccc3)n2c1=O. The second kappa shape index (κ2) is 7.76. The lowest BCUT2D eigenvalue weighted by atomic mass is 10.2. The number of ether oxygens (including phenoxy) is 1. The standard InChI is InChI=1S/C20H14N4O5S/c1-29-17-9-13(24(27)28)7-8-15(17)22-18(25)14-10-21-20-23(19(14)26)16(11-30-20)12-5-3-2-4-6-12/h2-11H,1H3,(H,22,25). The van der Waals surface area contributed by atoms with E-state index >= 15 is 0 Å². The van der Waals surface area contributed by atoms with Crippen molar-refractivity contribution in [3.8, 4) is 17.0 Å². The van der Waals surface area contributed by atoms with E-state index in [-0.39, 0.29) is 22.7 Å². The number of aromatic nitrogens is 2. The molecule has 0 radical (unpaired) electrons. The van der Waals surface area contributed by atoms with Crippen LogP contribution < -0.4 is 15.6 Å². The second-order valence-electron chi connectivity index (χ2n) is 6.18. The normalized spacial score (nSPS) is 10.7. The molecule has 150 valence electrons. The van der Waals surface area contributed by atoms with Crippen LogP contribution in [0.25, 0.3) is 16.2 Å². The van der Waals surface area contributed by atoms with Crippen molar-refractivity contribution in [2.24, 2.45) is 0 Å². The Morgan fingerprint density at radius 1 is 1.23 bits per heavy atom. The molecule has 0 spiro atoms. The van der Waals surface area contributed by atoms with Gasteiger partial charge in [-0.25, -0.2) is 4.98 Å². The van der Waals surface area contributed by atoms with Gasteiger partial charge >= 0.3 is 0 Å². The third kappa shape index (κ3) is 3.40. The number of rotatable bonds is 5. The third-order valence-electron chi connectivity index (χ3n) is 4.40. The molecule has 0 fully saturated rings. The van der Waals surface area contributed by atoms with Crippen molar-refractivity contribution in [1.29, 1.82) is 0 Å². The fraction of sp³-hybridized carbons (Fsp3) is 0.0500. The Bertz CT molecular complexity index is 1330. The average molecular weight is 422 g/mol. The Balaban J connectivity index is 1.74. The van der Waals surface area contributed by atoms with Crippen molar-refractivity contribution in [3.05, 3.63) is 86.1 Å².